The van der Waals surface area contributed by atoms with Crippen LogP contribution in [0.4, 0.5) is 0 Å². The van der Waals surface area contributed by atoms with Crippen LogP contribution < -0.4 is 5.32 Å². The molecule has 0 bridgehead atoms. The van der Waals surface area contributed by atoms with Gasteiger partial charge in [0, 0.05) is 39.6 Å². The van der Waals surface area contributed by atoms with Crippen LogP contribution in [0.5, 0.6) is 0 Å². The maximum atomic E-state index is 12.1. The van der Waals surface area contributed by atoms with Crippen LogP contribution in [-0.2, 0) is 21.7 Å². The van der Waals surface area contributed by atoms with Crippen molar-refractivity contribution in [1.29, 1.82) is 0 Å². The van der Waals surface area contributed by atoms with Gasteiger partial charge < -0.3 is 10.2 Å². The number of nitrogens with one attached hydrogen (secondary N) is 1. The second kappa shape index (κ2) is 7.69. The molecule has 1 unspecified atom stereocenters. The number of hydrogen-bond acceptors (Lipinski definition) is 6. The van der Waals surface area contributed by atoms with Gasteiger partial charge in [0.25, 0.3) is 0 Å². The molecule has 2 amide bonds. The Kier molecular flexibility index (Phi) is 5.55. The zero-order chi connectivity index (χ0) is 18.7. The number of piperidine rings is 1. The summed E-state index contributed by atoms with van der Waals surface area (Å²) in [5, 5.41) is 15.4. The number of tetrazole rings is 1. The number of hydrogen-bond donors (Lipinski definition) is 1. The third-order valence-corrected chi connectivity index (χ3v) is 5.43. The van der Waals surface area contributed by atoms with Crippen molar-refractivity contribution in [1.82, 2.24) is 35.3 Å². The van der Waals surface area contributed by atoms with Crippen molar-refractivity contribution in [2.75, 3.05) is 32.7 Å². The summed E-state index contributed by atoms with van der Waals surface area (Å²) in [4.78, 5) is 28.1. The maximum Gasteiger partial charge on any atom is 0.234 e. The van der Waals surface area contributed by atoms with Crippen LogP contribution in [0.1, 0.15) is 45.9 Å². The van der Waals surface area contributed by atoms with Crippen LogP contribution in [0.2, 0.25) is 0 Å². The third-order valence-electron chi connectivity index (χ3n) is 5.43. The summed E-state index contributed by atoms with van der Waals surface area (Å²) in [5.41, 5.74) is -0.512. The normalized spacial score (nSPS) is 24.8. The molecule has 2 fully saturated rings. The molecule has 1 N–H and O–H groups in total. The van der Waals surface area contributed by atoms with Crippen LogP contribution in [0, 0.1) is 5.92 Å². The van der Waals surface area contributed by atoms with Crippen molar-refractivity contribution in [3.05, 3.63) is 5.82 Å². The topological polar surface area (TPSA) is 96.2 Å². The lowest BCUT2D eigenvalue weighted by atomic mass is 9.85. The lowest BCUT2D eigenvalue weighted by Crippen LogP contribution is -2.63. The quantitative estimate of drug-likeness (QED) is 0.790. The fraction of sp³-hybridized carbons (Fsp3) is 0.824. The Labute approximate surface area is 154 Å². The van der Waals surface area contributed by atoms with Crippen molar-refractivity contribution in [3.8, 4) is 0 Å². The lowest BCUT2D eigenvalue weighted by molar-refractivity contribution is -0.136. The van der Waals surface area contributed by atoms with E-state index in [1.54, 1.807) is 6.92 Å². The first-order valence-corrected chi connectivity index (χ1v) is 9.46. The van der Waals surface area contributed by atoms with Crippen LogP contribution in [0.3, 0.4) is 0 Å². The van der Waals surface area contributed by atoms with E-state index in [9.17, 15) is 9.59 Å². The Morgan fingerprint density at radius 3 is 2.85 bits per heavy atom. The van der Waals surface area contributed by atoms with Crippen molar-refractivity contribution < 1.29 is 9.59 Å². The summed E-state index contributed by atoms with van der Waals surface area (Å²) in [7, 11) is 0. The maximum absolute atomic E-state index is 12.1. The highest BCUT2D eigenvalue weighted by Crippen LogP contribution is 2.36. The van der Waals surface area contributed by atoms with Gasteiger partial charge >= 0.3 is 0 Å². The second-order valence-corrected chi connectivity index (χ2v) is 7.76. The molecule has 1 aromatic rings. The summed E-state index contributed by atoms with van der Waals surface area (Å²) in [6.07, 6.45) is 2.69. The predicted octanol–water partition coefficient (Wildman–Crippen LogP) is -0.0114. The second-order valence-electron chi connectivity index (χ2n) is 7.76. The molecule has 9 heteroatoms. The number of aromatic nitrogens is 4. The number of likely N-dealkylation sites (tertiary alicyclic amines) is 1. The van der Waals surface area contributed by atoms with E-state index in [1.807, 2.05) is 9.58 Å². The molecular weight excluding hydrogens is 334 g/mol. The van der Waals surface area contributed by atoms with Gasteiger partial charge in [-0.3, -0.25) is 14.5 Å². The molecular formula is C17H29N7O2. The van der Waals surface area contributed by atoms with E-state index >= 15 is 0 Å². The molecule has 0 aromatic carbocycles. The van der Waals surface area contributed by atoms with Gasteiger partial charge in [-0.1, -0.05) is 13.8 Å². The van der Waals surface area contributed by atoms with E-state index in [0.29, 0.717) is 25.6 Å². The highest BCUT2D eigenvalue weighted by molar-refractivity contribution is 5.79. The number of nitrogens with zero attached hydrogens (tertiary/aromatic N) is 6. The zero-order valence-electron chi connectivity index (χ0n) is 15.9. The van der Waals surface area contributed by atoms with Crippen molar-refractivity contribution in [2.45, 2.75) is 52.1 Å². The molecule has 2 aliphatic rings. The average molecular weight is 363 g/mol. The number of piperazine rings is 1. The van der Waals surface area contributed by atoms with Gasteiger partial charge in [0.2, 0.25) is 11.8 Å². The van der Waals surface area contributed by atoms with Gasteiger partial charge in [0.05, 0.1) is 6.54 Å². The molecule has 0 aliphatic carbocycles. The third kappa shape index (κ3) is 3.72. The highest BCUT2D eigenvalue weighted by Gasteiger charge is 2.48. The zero-order valence-corrected chi connectivity index (χ0v) is 15.9. The molecule has 0 radical (unpaired) electrons. The van der Waals surface area contributed by atoms with E-state index in [0.717, 1.165) is 44.7 Å². The molecule has 26 heavy (non-hydrogen) atoms. The number of amides is 2. The average Bonchev–Trinajstić information content (AvgIpc) is 3.09. The Hall–Kier alpha value is -2.03. The van der Waals surface area contributed by atoms with E-state index < -0.39 is 5.54 Å². The first-order valence-electron chi connectivity index (χ1n) is 9.46. The predicted molar refractivity (Wildman–Crippen MR) is 95.0 cm³/mol. The number of aryl methyl sites for hydroxylation is 1. The number of carbonyl (C=O) groups excluding carboxylic acids is 2. The number of rotatable bonds is 5. The lowest BCUT2D eigenvalue weighted by Gasteiger charge is -2.49. The summed E-state index contributed by atoms with van der Waals surface area (Å²) in [6, 6.07) is 0. The Morgan fingerprint density at radius 2 is 2.15 bits per heavy atom. The first-order chi connectivity index (χ1) is 12.4. The van der Waals surface area contributed by atoms with Crippen LogP contribution in [0.15, 0.2) is 0 Å². The summed E-state index contributed by atoms with van der Waals surface area (Å²) >= 11 is 0. The molecule has 0 spiro atoms. The van der Waals surface area contributed by atoms with Crippen LogP contribution in [-0.4, -0.2) is 74.5 Å². The minimum atomic E-state index is -0.512. The standard InChI is InChI=1S/C17H29N7O2/c1-13(2)5-9-24-16(19-20-21-24)17(23-10-7-18-15(26)11-23)6-4-8-22(12-17)14(3)25/h13H,4-12H2,1-3H3,(H,18,26). The van der Waals surface area contributed by atoms with Gasteiger partial charge in [-0.25, -0.2) is 4.68 Å². The van der Waals surface area contributed by atoms with E-state index in [-0.39, 0.29) is 11.8 Å². The van der Waals surface area contributed by atoms with E-state index in [1.165, 1.54) is 0 Å². The van der Waals surface area contributed by atoms with Gasteiger partial charge in [-0.2, -0.15) is 0 Å². The minimum Gasteiger partial charge on any atom is -0.354 e. The monoisotopic (exact) mass is 363 g/mol. The molecule has 9 nitrogen and oxygen atoms in total. The van der Waals surface area contributed by atoms with Crippen molar-refractivity contribution in [2.24, 2.45) is 5.92 Å². The largest absolute Gasteiger partial charge is 0.354 e. The SMILES string of the molecule is CC(=O)N1CCCC(c2nnnn2CCC(C)C)(N2CCNC(=O)C2)C1. The molecule has 1 aromatic heterocycles. The van der Waals surface area contributed by atoms with Crippen molar-refractivity contribution in [3.63, 3.8) is 0 Å². The number of carbonyl (C=O) groups is 2. The van der Waals surface area contributed by atoms with Gasteiger partial charge in [-0.05, 0) is 35.6 Å². The molecule has 3 rings (SSSR count). The molecule has 0 saturated carbocycles. The van der Waals surface area contributed by atoms with Crippen LogP contribution >= 0.6 is 0 Å². The van der Waals surface area contributed by atoms with Crippen molar-refractivity contribution >= 4 is 11.8 Å². The minimum absolute atomic E-state index is 0.0109. The van der Waals surface area contributed by atoms with E-state index in [2.05, 4.69) is 39.6 Å². The Bertz CT molecular complexity index is 657. The van der Waals surface area contributed by atoms with Gasteiger partial charge in [0.1, 0.15) is 5.54 Å². The molecule has 2 saturated heterocycles. The smallest absolute Gasteiger partial charge is 0.234 e. The fourth-order valence-electron chi connectivity index (χ4n) is 3.96. The Balaban J connectivity index is 1.97. The van der Waals surface area contributed by atoms with E-state index in [4.69, 9.17) is 0 Å². The summed E-state index contributed by atoms with van der Waals surface area (Å²) < 4.78 is 1.87. The van der Waals surface area contributed by atoms with Crippen LogP contribution in [0.25, 0.3) is 0 Å². The Morgan fingerprint density at radius 1 is 1.35 bits per heavy atom. The van der Waals surface area contributed by atoms with Gasteiger partial charge in [-0.15, -0.1) is 5.10 Å². The fourth-order valence-corrected chi connectivity index (χ4v) is 3.96. The molecule has 1 atom stereocenters. The summed E-state index contributed by atoms with van der Waals surface area (Å²) in [6.45, 7) is 9.59. The van der Waals surface area contributed by atoms with Gasteiger partial charge in [0.15, 0.2) is 5.82 Å². The molecule has 3 heterocycles. The summed E-state index contributed by atoms with van der Waals surface area (Å²) in [5.74, 6) is 1.39. The molecule has 144 valence electrons. The molecule has 2 aliphatic heterocycles. The highest BCUT2D eigenvalue weighted by atomic mass is 16.2. The first kappa shape index (κ1) is 18.8.